The van der Waals surface area contributed by atoms with Gasteiger partial charge in [-0.2, -0.15) is 14.6 Å². The molecule has 11 nitrogen and oxygen atoms in total. The van der Waals surface area contributed by atoms with Gasteiger partial charge in [-0.15, -0.1) is 5.10 Å². The molecule has 3 N–H and O–H groups in total. The third-order valence-electron chi connectivity index (χ3n) is 7.14. The molecule has 2 aliphatic rings. The lowest BCUT2D eigenvalue weighted by atomic mass is 9.95. The highest BCUT2D eigenvalue weighted by atomic mass is 35.5. The van der Waals surface area contributed by atoms with Crippen LogP contribution in [0.1, 0.15) is 19.4 Å². The Balaban J connectivity index is 1.45. The first-order valence-corrected chi connectivity index (χ1v) is 11.2. The van der Waals surface area contributed by atoms with Gasteiger partial charge in [-0.25, -0.2) is 4.98 Å². The molecule has 0 radical (unpaired) electrons. The minimum absolute atomic E-state index is 0.114. The normalized spacial score (nSPS) is 27.7. The minimum Gasteiger partial charge on any atom is -0.389 e. The quantitative estimate of drug-likeness (QED) is 0.388. The second kappa shape index (κ2) is 7.29. The molecule has 2 aliphatic carbocycles. The number of aliphatic hydroxyl groups excluding tert-OH is 2. The zero-order chi connectivity index (χ0) is 23.8. The molecule has 0 saturated heterocycles. The molecule has 174 valence electrons. The Kier molecular flexibility index (Phi) is 4.54. The summed E-state index contributed by atoms with van der Waals surface area (Å²) >= 11 is 6.30. The molecule has 2 unspecified atom stereocenters. The number of benzene rings is 1. The van der Waals surface area contributed by atoms with Gasteiger partial charge in [-0.3, -0.25) is 4.79 Å². The first-order chi connectivity index (χ1) is 16.4. The number of rotatable bonds is 5. The first kappa shape index (κ1) is 21.1. The van der Waals surface area contributed by atoms with Crippen molar-refractivity contribution in [1.82, 2.24) is 34.5 Å². The molecule has 0 bridgehead atoms. The molecule has 34 heavy (non-hydrogen) atoms. The summed E-state index contributed by atoms with van der Waals surface area (Å²) in [7, 11) is 1.72. The number of hydrogen-bond acceptors (Lipinski definition) is 9. The molecule has 6 rings (SSSR count). The van der Waals surface area contributed by atoms with Gasteiger partial charge in [0.25, 0.3) is 5.95 Å². The number of ketones is 1. The van der Waals surface area contributed by atoms with Crippen LogP contribution >= 0.6 is 11.6 Å². The van der Waals surface area contributed by atoms with Gasteiger partial charge >= 0.3 is 0 Å². The van der Waals surface area contributed by atoms with Crippen molar-refractivity contribution in [3.8, 4) is 17.2 Å². The van der Waals surface area contributed by atoms with Gasteiger partial charge in [0.1, 0.15) is 17.6 Å². The predicted molar refractivity (Wildman–Crippen MR) is 123 cm³/mol. The number of carbonyl (C=O) groups excluding carboxylic acids is 1. The van der Waals surface area contributed by atoms with Crippen molar-refractivity contribution in [2.75, 3.05) is 12.4 Å². The summed E-state index contributed by atoms with van der Waals surface area (Å²) in [6, 6.07) is 6.78. The Morgan fingerprint density at radius 3 is 2.76 bits per heavy atom. The van der Waals surface area contributed by atoms with Crippen LogP contribution < -0.4 is 5.32 Å². The van der Waals surface area contributed by atoms with E-state index in [4.69, 9.17) is 11.6 Å². The predicted octanol–water partition coefficient (Wildman–Crippen LogP) is 1.64. The summed E-state index contributed by atoms with van der Waals surface area (Å²) in [5.74, 6) is 0.403. The monoisotopic (exact) mass is 480 g/mol. The largest absolute Gasteiger partial charge is 0.389 e. The van der Waals surface area contributed by atoms with Gasteiger partial charge in [0.15, 0.2) is 17.0 Å². The summed E-state index contributed by atoms with van der Waals surface area (Å²) in [6.07, 6.45) is 1.52. The van der Waals surface area contributed by atoms with Crippen molar-refractivity contribution in [3.05, 3.63) is 41.8 Å². The van der Waals surface area contributed by atoms with E-state index in [0.717, 1.165) is 5.56 Å². The van der Waals surface area contributed by atoms with Gasteiger partial charge in [-0.1, -0.05) is 35.0 Å². The van der Waals surface area contributed by atoms with E-state index in [1.54, 1.807) is 30.2 Å². The number of aromatic nitrogens is 7. The van der Waals surface area contributed by atoms with E-state index in [9.17, 15) is 15.0 Å². The van der Waals surface area contributed by atoms with Crippen molar-refractivity contribution >= 4 is 34.4 Å². The Hall–Kier alpha value is -3.41. The summed E-state index contributed by atoms with van der Waals surface area (Å²) in [4.78, 5) is 25.9. The van der Waals surface area contributed by atoms with Crippen LogP contribution in [-0.2, 0) is 4.79 Å². The number of hydrogen-bond donors (Lipinski definition) is 3. The van der Waals surface area contributed by atoms with Gasteiger partial charge in [0.2, 0.25) is 0 Å². The van der Waals surface area contributed by atoms with Crippen LogP contribution in [0.15, 0.2) is 36.8 Å². The van der Waals surface area contributed by atoms with Crippen LogP contribution in [0.25, 0.3) is 28.4 Å². The van der Waals surface area contributed by atoms with Crippen LogP contribution in [0.3, 0.4) is 0 Å². The van der Waals surface area contributed by atoms with Gasteiger partial charge < -0.3 is 20.1 Å². The molecule has 3 heterocycles. The minimum atomic E-state index is -1.13. The Morgan fingerprint density at radius 1 is 1.26 bits per heavy atom. The highest BCUT2D eigenvalue weighted by molar-refractivity contribution is 6.33. The maximum atomic E-state index is 12.3. The topological polar surface area (TPSA) is 144 Å². The molecule has 0 spiro atoms. The lowest BCUT2D eigenvalue weighted by Gasteiger charge is -2.23. The highest BCUT2D eigenvalue weighted by Gasteiger charge is 2.74. The molecule has 0 amide bonds. The lowest BCUT2D eigenvalue weighted by Crippen LogP contribution is -2.36. The maximum Gasteiger partial charge on any atom is 0.256 e. The fourth-order valence-corrected chi connectivity index (χ4v) is 5.56. The SMILES string of the molecule is CNc1nc(-n2cc(-c3ccccc3Cl)nn2)nc2c1ncn2[C@@H]1C2C[C@]2(C(C)=O)C(O)[C@H]1O. The summed E-state index contributed by atoms with van der Waals surface area (Å²) in [5, 5.41) is 33.4. The summed E-state index contributed by atoms with van der Waals surface area (Å²) < 4.78 is 3.16. The van der Waals surface area contributed by atoms with E-state index in [0.29, 0.717) is 34.1 Å². The van der Waals surface area contributed by atoms with E-state index in [-0.39, 0.29) is 17.6 Å². The highest BCUT2D eigenvalue weighted by Crippen LogP contribution is 2.68. The maximum absolute atomic E-state index is 12.3. The van der Waals surface area contributed by atoms with Crippen molar-refractivity contribution in [3.63, 3.8) is 0 Å². The van der Waals surface area contributed by atoms with Crippen molar-refractivity contribution in [2.45, 2.75) is 31.6 Å². The Labute approximate surface area is 198 Å². The average Bonchev–Trinajstić information content (AvgIpc) is 3.09. The Morgan fingerprint density at radius 2 is 2.06 bits per heavy atom. The number of nitrogens with zero attached hydrogens (tertiary/aromatic N) is 7. The average molecular weight is 481 g/mol. The Bertz CT molecular complexity index is 1450. The molecular weight excluding hydrogens is 460 g/mol. The van der Waals surface area contributed by atoms with E-state index >= 15 is 0 Å². The molecule has 3 aromatic heterocycles. The zero-order valence-electron chi connectivity index (χ0n) is 18.3. The van der Waals surface area contributed by atoms with Crippen LogP contribution in [0.4, 0.5) is 5.82 Å². The third-order valence-corrected chi connectivity index (χ3v) is 7.47. The number of imidazole rings is 1. The van der Waals surface area contributed by atoms with Gasteiger partial charge in [0, 0.05) is 12.6 Å². The van der Waals surface area contributed by atoms with E-state index < -0.39 is 23.7 Å². The second-order valence-electron chi connectivity index (χ2n) is 8.81. The lowest BCUT2D eigenvalue weighted by molar-refractivity contribution is -0.128. The van der Waals surface area contributed by atoms with Crippen LogP contribution in [-0.4, -0.2) is 69.8 Å². The molecule has 2 fully saturated rings. The molecular formula is C22H21ClN8O3. The van der Waals surface area contributed by atoms with E-state index in [2.05, 4.69) is 30.6 Å². The second-order valence-corrected chi connectivity index (χ2v) is 9.21. The molecule has 0 aliphatic heterocycles. The van der Waals surface area contributed by atoms with Crippen molar-refractivity contribution in [1.29, 1.82) is 0 Å². The molecule has 12 heteroatoms. The first-order valence-electron chi connectivity index (χ1n) is 10.8. The number of carbonyl (C=O) groups is 1. The number of aliphatic hydroxyl groups is 2. The molecule has 2 saturated carbocycles. The fourth-order valence-electron chi connectivity index (χ4n) is 5.33. The van der Waals surface area contributed by atoms with Gasteiger partial charge in [-0.05, 0) is 25.3 Å². The molecule has 1 aromatic carbocycles. The third kappa shape index (κ3) is 2.77. The van der Waals surface area contributed by atoms with Crippen LogP contribution in [0.5, 0.6) is 0 Å². The standard InChI is InChI=1S/C22H21ClN8O3/c1-10(32)22-7-12(22)16(17(33)18(22)34)30-9-25-15-19(24-2)26-21(27-20(15)30)31-8-14(28-29-31)11-5-3-4-6-13(11)23/h3-6,8-9,12,16-18,33-34H,7H2,1-2H3,(H,24,26,27)/t12?,16-,17+,18?,22-/m1/s1. The zero-order valence-corrected chi connectivity index (χ0v) is 19.0. The number of halogens is 1. The van der Waals surface area contributed by atoms with Crippen molar-refractivity contribution < 1.29 is 15.0 Å². The number of anilines is 1. The smallest absolute Gasteiger partial charge is 0.256 e. The van der Waals surface area contributed by atoms with Gasteiger partial charge in [0.05, 0.1) is 35.1 Å². The molecule has 4 aromatic rings. The summed E-state index contributed by atoms with van der Waals surface area (Å²) in [5.41, 5.74) is 1.34. The van der Waals surface area contributed by atoms with Crippen LogP contribution in [0, 0.1) is 11.3 Å². The van der Waals surface area contributed by atoms with E-state index in [1.165, 1.54) is 11.6 Å². The number of Topliss-reactive ketones (excluding diaryl/α,β-unsaturated/α-hetero) is 1. The number of fused-ring (bicyclic) bond motifs is 2. The number of nitrogens with one attached hydrogen (secondary N) is 1. The van der Waals surface area contributed by atoms with Crippen LogP contribution in [0.2, 0.25) is 5.02 Å². The fraction of sp³-hybridized carbons (Fsp3) is 0.364. The van der Waals surface area contributed by atoms with E-state index in [1.807, 2.05) is 18.2 Å². The summed E-state index contributed by atoms with van der Waals surface area (Å²) in [6.45, 7) is 1.46. The van der Waals surface area contributed by atoms with Crippen molar-refractivity contribution in [2.24, 2.45) is 11.3 Å². The molecule has 5 atom stereocenters.